The predicted octanol–water partition coefficient (Wildman–Crippen LogP) is 4.33. The van der Waals surface area contributed by atoms with Crippen LogP contribution in [0.25, 0.3) is 11.1 Å². The summed E-state index contributed by atoms with van der Waals surface area (Å²) < 4.78 is 0. The lowest BCUT2D eigenvalue weighted by Gasteiger charge is -2.21. The number of hydrogen-bond acceptors (Lipinski definition) is 4. The number of nitrogens with two attached hydrogens (primary N) is 1. The number of carbonyl (C=O) groups excluding carboxylic acids is 3. The van der Waals surface area contributed by atoms with Gasteiger partial charge in [-0.05, 0) is 41.5 Å². The predicted molar refractivity (Wildman–Crippen MR) is 104 cm³/mol. The third-order valence-corrected chi connectivity index (χ3v) is 3.99. The van der Waals surface area contributed by atoms with Gasteiger partial charge in [-0.25, -0.2) is 0 Å². The van der Waals surface area contributed by atoms with Gasteiger partial charge in [0.1, 0.15) is 0 Å². The lowest BCUT2D eigenvalue weighted by molar-refractivity contribution is -0.123. The van der Waals surface area contributed by atoms with Crippen LogP contribution in [0.3, 0.4) is 0 Å². The number of ketones is 2. The summed E-state index contributed by atoms with van der Waals surface area (Å²) in [5.41, 5.74) is 8.19. The topological polar surface area (TPSA) is 89.3 Å². The number of fused-ring (bicyclic) bond motifs is 3. The Balaban J connectivity index is 0.00000117. The molecule has 0 fully saturated rings. The highest BCUT2D eigenvalue weighted by Gasteiger charge is 2.31. The Labute approximate surface area is 153 Å². The SMILES string of the molecule is CC.CC(C)(C)C(=O)Nc1ccc2c(c1)C(=O)C(=O)c1ccc(N)cc1-2. The summed E-state index contributed by atoms with van der Waals surface area (Å²) in [6, 6.07) is 9.86. The van der Waals surface area contributed by atoms with E-state index < -0.39 is 17.0 Å². The number of anilines is 2. The van der Waals surface area contributed by atoms with E-state index in [0.717, 1.165) is 0 Å². The zero-order chi connectivity index (χ0) is 19.6. The van der Waals surface area contributed by atoms with Crippen LogP contribution in [-0.4, -0.2) is 17.5 Å². The zero-order valence-corrected chi connectivity index (χ0v) is 15.8. The maximum atomic E-state index is 12.4. The summed E-state index contributed by atoms with van der Waals surface area (Å²) in [5.74, 6) is -1.30. The molecule has 2 aromatic carbocycles. The number of benzene rings is 2. The molecule has 3 rings (SSSR count). The Morgan fingerprint density at radius 3 is 2.04 bits per heavy atom. The van der Waals surface area contributed by atoms with Crippen molar-refractivity contribution < 1.29 is 14.4 Å². The van der Waals surface area contributed by atoms with E-state index in [-0.39, 0.29) is 11.5 Å². The molecule has 1 aliphatic carbocycles. The third-order valence-electron chi connectivity index (χ3n) is 3.99. The molecule has 5 heteroatoms. The maximum absolute atomic E-state index is 12.4. The van der Waals surface area contributed by atoms with Crippen molar-refractivity contribution in [3.8, 4) is 11.1 Å². The Morgan fingerprint density at radius 1 is 0.846 bits per heavy atom. The first-order valence-electron chi connectivity index (χ1n) is 8.63. The smallest absolute Gasteiger partial charge is 0.234 e. The van der Waals surface area contributed by atoms with Gasteiger partial charge in [-0.1, -0.05) is 40.7 Å². The van der Waals surface area contributed by atoms with Gasteiger partial charge in [0.05, 0.1) is 0 Å². The van der Waals surface area contributed by atoms with Crippen LogP contribution in [0.4, 0.5) is 11.4 Å². The molecule has 136 valence electrons. The lowest BCUT2D eigenvalue weighted by Crippen LogP contribution is -2.28. The van der Waals surface area contributed by atoms with E-state index in [9.17, 15) is 14.4 Å². The lowest BCUT2D eigenvalue weighted by atomic mass is 9.83. The van der Waals surface area contributed by atoms with Gasteiger partial charge >= 0.3 is 0 Å². The Hall–Kier alpha value is -2.95. The summed E-state index contributed by atoms with van der Waals surface area (Å²) in [6.45, 7) is 9.40. The Kier molecular flexibility index (Phi) is 5.30. The highest BCUT2D eigenvalue weighted by Crippen LogP contribution is 2.36. The van der Waals surface area contributed by atoms with Gasteiger partial charge in [0.25, 0.3) is 0 Å². The molecule has 1 amide bonds. The quantitative estimate of drug-likeness (QED) is 0.590. The first kappa shape index (κ1) is 19.4. The molecule has 0 aromatic heterocycles. The minimum atomic E-state index is -0.575. The number of nitrogens with one attached hydrogen (secondary N) is 1. The fraction of sp³-hybridized carbons (Fsp3) is 0.286. The van der Waals surface area contributed by atoms with E-state index in [1.54, 1.807) is 57.2 Å². The fourth-order valence-corrected chi connectivity index (χ4v) is 2.59. The first-order valence-corrected chi connectivity index (χ1v) is 8.63. The minimum Gasteiger partial charge on any atom is -0.399 e. The third kappa shape index (κ3) is 3.52. The van der Waals surface area contributed by atoms with Crippen molar-refractivity contribution >= 4 is 28.8 Å². The summed E-state index contributed by atoms with van der Waals surface area (Å²) in [7, 11) is 0. The molecule has 0 aliphatic heterocycles. The van der Waals surface area contributed by atoms with Crippen molar-refractivity contribution in [1.29, 1.82) is 0 Å². The van der Waals surface area contributed by atoms with Crippen LogP contribution in [0.1, 0.15) is 55.3 Å². The standard InChI is InChI=1S/C19H18N2O3.C2H6/c1-19(2,3)18(24)21-11-5-7-12-14-8-10(20)4-6-13(14)16(22)17(23)15(12)9-11;1-2/h4-9H,20H2,1-3H3,(H,21,24);1-2H3. The number of carbonyl (C=O) groups is 3. The van der Waals surface area contributed by atoms with Crippen LogP contribution in [0.15, 0.2) is 36.4 Å². The van der Waals surface area contributed by atoms with E-state index in [1.807, 2.05) is 13.8 Å². The molecule has 26 heavy (non-hydrogen) atoms. The zero-order valence-electron chi connectivity index (χ0n) is 15.8. The highest BCUT2D eigenvalue weighted by atomic mass is 16.2. The van der Waals surface area contributed by atoms with Gasteiger partial charge in [0.2, 0.25) is 17.5 Å². The molecule has 0 radical (unpaired) electrons. The van der Waals surface area contributed by atoms with Crippen LogP contribution < -0.4 is 11.1 Å². The van der Waals surface area contributed by atoms with Crippen LogP contribution >= 0.6 is 0 Å². The molecule has 0 bridgehead atoms. The second kappa shape index (κ2) is 7.12. The van der Waals surface area contributed by atoms with Crippen LogP contribution in [0, 0.1) is 5.41 Å². The van der Waals surface area contributed by atoms with E-state index in [4.69, 9.17) is 5.73 Å². The minimum absolute atomic E-state index is 0.165. The molecular weight excluding hydrogens is 328 g/mol. The van der Waals surface area contributed by atoms with Crippen molar-refractivity contribution in [2.45, 2.75) is 34.6 Å². The molecule has 0 atom stereocenters. The van der Waals surface area contributed by atoms with Gasteiger partial charge in [0, 0.05) is 27.9 Å². The molecule has 1 aliphatic rings. The molecule has 3 N–H and O–H groups in total. The van der Waals surface area contributed by atoms with Crippen molar-refractivity contribution in [3.63, 3.8) is 0 Å². The average Bonchev–Trinajstić information content (AvgIpc) is 2.60. The highest BCUT2D eigenvalue weighted by molar-refractivity contribution is 6.53. The molecular formula is C21H24N2O3. The van der Waals surface area contributed by atoms with Gasteiger partial charge in [-0.2, -0.15) is 0 Å². The number of rotatable bonds is 1. The van der Waals surface area contributed by atoms with Gasteiger partial charge in [0.15, 0.2) is 0 Å². The Morgan fingerprint density at radius 2 is 1.42 bits per heavy atom. The number of Topliss-reactive ketones (excluding diaryl/α,β-unsaturated/α-hetero) is 2. The largest absolute Gasteiger partial charge is 0.399 e. The monoisotopic (exact) mass is 352 g/mol. The van der Waals surface area contributed by atoms with Crippen molar-refractivity contribution in [3.05, 3.63) is 47.5 Å². The average molecular weight is 352 g/mol. The molecule has 2 aromatic rings. The number of nitrogen functional groups attached to an aromatic ring is 1. The molecule has 0 saturated heterocycles. The van der Waals surface area contributed by atoms with E-state index >= 15 is 0 Å². The van der Waals surface area contributed by atoms with Gasteiger partial charge in [-0.15, -0.1) is 0 Å². The maximum Gasteiger partial charge on any atom is 0.234 e. The molecule has 0 heterocycles. The van der Waals surface area contributed by atoms with Crippen LogP contribution in [-0.2, 0) is 4.79 Å². The summed E-state index contributed by atoms with van der Waals surface area (Å²) in [4.78, 5) is 36.8. The second-order valence-electron chi connectivity index (χ2n) is 6.93. The summed E-state index contributed by atoms with van der Waals surface area (Å²) in [5, 5.41) is 2.78. The van der Waals surface area contributed by atoms with E-state index in [2.05, 4.69) is 5.32 Å². The molecule has 0 spiro atoms. The van der Waals surface area contributed by atoms with E-state index in [1.165, 1.54) is 0 Å². The van der Waals surface area contributed by atoms with Crippen LogP contribution in [0.5, 0.6) is 0 Å². The van der Waals surface area contributed by atoms with Crippen molar-refractivity contribution in [2.75, 3.05) is 11.1 Å². The number of hydrogen-bond donors (Lipinski definition) is 2. The summed E-state index contributed by atoms with van der Waals surface area (Å²) >= 11 is 0. The normalized spacial score (nSPS) is 12.5. The van der Waals surface area contributed by atoms with E-state index in [0.29, 0.717) is 28.1 Å². The van der Waals surface area contributed by atoms with Gasteiger partial charge in [-0.3, -0.25) is 14.4 Å². The fourth-order valence-electron chi connectivity index (χ4n) is 2.59. The van der Waals surface area contributed by atoms with Crippen molar-refractivity contribution in [2.24, 2.45) is 5.41 Å². The molecule has 0 unspecified atom stereocenters. The Bertz CT molecular complexity index is 893. The molecule has 5 nitrogen and oxygen atoms in total. The second-order valence-corrected chi connectivity index (χ2v) is 6.93. The van der Waals surface area contributed by atoms with Gasteiger partial charge < -0.3 is 11.1 Å². The summed E-state index contributed by atoms with van der Waals surface area (Å²) in [6.07, 6.45) is 0. The number of amides is 1. The first-order chi connectivity index (χ1) is 12.2. The van der Waals surface area contributed by atoms with Crippen molar-refractivity contribution in [1.82, 2.24) is 0 Å². The molecule has 0 saturated carbocycles. The van der Waals surface area contributed by atoms with Crippen LogP contribution in [0.2, 0.25) is 0 Å².